The summed E-state index contributed by atoms with van der Waals surface area (Å²) in [7, 11) is -3.96. The average Bonchev–Trinajstić information content (AvgIpc) is 2.88. The Morgan fingerprint density at radius 2 is 1.68 bits per heavy atom. The number of piperidine rings is 1. The second-order valence-corrected chi connectivity index (χ2v) is 14.0. The molecule has 0 amide bonds. The molecule has 1 unspecified atom stereocenters. The Kier molecular flexibility index (Phi) is 8.86. The van der Waals surface area contributed by atoms with Gasteiger partial charge in [-0.25, -0.2) is 8.42 Å². The van der Waals surface area contributed by atoms with Crippen molar-refractivity contribution < 1.29 is 27.9 Å². The molecule has 2 fully saturated rings. The van der Waals surface area contributed by atoms with E-state index in [1.165, 1.54) is 11.8 Å². The highest BCUT2D eigenvalue weighted by atomic mass is 32.2. The molecule has 206 valence electrons. The molecule has 4 rings (SSSR count). The van der Waals surface area contributed by atoms with Crippen LogP contribution in [0, 0.1) is 5.92 Å². The summed E-state index contributed by atoms with van der Waals surface area (Å²) in [5.74, 6) is -0.775. The first-order valence-electron chi connectivity index (χ1n) is 13.0. The van der Waals surface area contributed by atoms with Crippen molar-refractivity contribution in [2.24, 2.45) is 5.92 Å². The third-order valence-corrected chi connectivity index (χ3v) is 10.5. The number of aliphatic carboxylic acids is 1. The quantitative estimate of drug-likeness (QED) is 0.482. The smallest absolute Gasteiger partial charge is 0.323 e. The van der Waals surface area contributed by atoms with Gasteiger partial charge in [0, 0.05) is 30.1 Å². The number of carbonyl (C=O) groups is 2. The fraction of sp³-hybridized carbons (Fsp3) is 0.500. The van der Waals surface area contributed by atoms with E-state index in [2.05, 4.69) is 17.0 Å². The summed E-state index contributed by atoms with van der Waals surface area (Å²) in [6.45, 7) is 8.34. The first kappa shape index (κ1) is 28.6. The molecule has 0 spiro atoms. The first-order valence-corrected chi connectivity index (χ1v) is 15.4. The van der Waals surface area contributed by atoms with Gasteiger partial charge >= 0.3 is 11.9 Å². The minimum absolute atomic E-state index is 0.0710. The number of rotatable bonds is 8. The highest BCUT2D eigenvalue weighted by Crippen LogP contribution is 2.38. The minimum atomic E-state index is -3.96. The van der Waals surface area contributed by atoms with Crippen LogP contribution in [0.1, 0.15) is 39.2 Å². The second-order valence-electron chi connectivity index (χ2n) is 10.4. The fourth-order valence-corrected chi connectivity index (χ4v) is 8.40. The van der Waals surface area contributed by atoms with Crippen LogP contribution >= 0.6 is 11.8 Å². The maximum absolute atomic E-state index is 13.4. The summed E-state index contributed by atoms with van der Waals surface area (Å²) in [5, 5.41) is 9.79. The van der Waals surface area contributed by atoms with E-state index < -0.39 is 26.8 Å². The number of thioether (sulfide) groups is 1. The number of carbonyl (C=O) groups excluding carboxylic acids is 1. The van der Waals surface area contributed by atoms with Crippen LogP contribution in [0.5, 0.6) is 0 Å². The molecule has 2 aliphatic heterocycles. The summed E-state index contributed by atoms with van der Waals surface area (Å²) in [6, 6.07) is 13.6. The lowest BCUT2D eigenvalue weighted by Gasteiger charge is -2.42. The molecule has 0 aromatic heterocycles. The summed E-state index contributed by atoms with van der Waals surface area (Å²) in [6.07, 6.45) is 1.84. The lowest BCUT2D eigenvalue weighted by molar-refractivity contribution is -0.150. The van der Waals surface area contributed by atoms with E-state index >= 15 is 0 Å². The zero-order valence-corrected chi connectivity index (χ0v) is 23.8. The Morgan fingerprint density at radius 1 is 1.05 bits per heavy atom. The predicted octanol–water partition coefficient (Wildman–Crippen LogP) is 4.10. The fourth-order valence-electron chi connectivity index (χ4n) is 5.30. The SMILES string of the molecule is CCOC(=O)C1CCCN(Cc2ccc(-c3ccc(S(=O)(=O)N4CCSC(C)(C)[C@@H]4C(=O)O)cc3)cc2)C1. The van der Waals surface area contributed by atoms with E-state index in [1.54, 1.807) is 38.1 Å². The van der Waals surface area contributed by atoms with Crippen molar-refractivity contribution in [1.29, 1.82) is 0 Å². The maximum atomic E-state index is 13.4. The third kappa shape index (κ3) is 6.25. The number of ether oxygens (including phenoxy) is 1. The molecule has 0 saturated carbocycles. The van der Waals surface area contributed by atoms with Gasteiger partial charge in [-0.1, -0.05) is 36.4 Å². The molecule has 2 heterocycles. The number of benzene rings is 2. The summed E-state index contributed by atoms with van der Waals surface area (Å²) < 4.78 is 32.4. The average molecular weight is 561 g/mol. The minimum Gasteiger partial charge on any atom is -0.480 e. The topological polar surface area (TPSA) is 104 Å². The molecule has 2 aromatic carbocycles. The van der Waals surface area contributed by atoms with E-state index in [9.17, 15) is 23.1 Å². The molecule has 2 aromatic rings. The van der Waals surface area contributed by atoms with Crippen LogP contribution in [-0.2, 0) is 30.9 Å². The van der Waals surface area contributed by atoms with Crippen molar-refractivity contribution in [3.8, 4) is 11.1 Å². The molecule has 10 heteroatoms. The monoisotopic (exact) mass is 560 g/mol. The Labute approximate surface area is 229 Å². The van der Waals surface area contributed by atoms with Crippen LogP contribution < -0.4 is 0 Å². The van der Waals surface area contributed by atoms with Gasteiger partial charge < -0.3 is 9.84 Å². The third-order valence-electron chi connectivity index (χ3n) is 7.25. The zero-order valence-electron chi connectivity index (χ0n) is 22.1. The van der Waals surface area contributed by atoms with Crippen molar-refractivity contribution >= 4 is 33.7 Å². The van der Waals surface area contributed by atoms with Gasteiger partial charge in [-0.2, -0.15) is 16.1 Å². The summed E-state index contributed by atoms with van der Waals surface area (Å²) in [5.41, 5.74) is 2.97. The van der Waals surface area contributed by atoms with Crippen LogP contribution in [0.2, 0.25) is 0 Å². The molecule has 38 heavy (non-hydrogen) atoms. The Morgan fingerprint density at radius 3 is 2.29 bits per heavy atom. The standard InChI is InChI=1S/C28H36N2O6S2/c1-4-36-27(33)23-6-5-15-29(19-23)18-20-7-9-21(10-8-20)22-11-13-24(14-12-22)38(34,35)30-16-17-37-28(2,3)25(30)26(31)32/h7-14,23,25H,4-6,15-19H2,1-3H3,(H,31,32)/t23?,25-/m0/s1. The van der Waals surface area contributed by atoms with E-state index in [0.29, 0.717) is 18.9 Å². The molecule has 0 aliphatic carbocycles. The molecule has 2 aliphatic rings. The predicted molar refractivity (Wildman–Crippen MR) is 148 cm³/mol. The van der Waals surface area contributed by atoms with Gasteiger partial charge in [0.2, 0.25) is 10.0 Å². The number of sulfonamides is 1. The van der Waals surface area contributed by atoms with Crippen LogP contribution in [0.4, 0.5) is 0 Å². The van der Waals surface area contributed by atoms with Crippen molar-refractivity contribution in [2.75, 3.05) is 32.0 Å². The van der Waals surface area contributed by atoms with E-state index in [-0.39, 0.29) is 23.3 Å². The number of hydrogen-bond donors (Lipinski definition) is 1. The summed E-state index contributed by atoms with van der Waals surface area (Å²) >= 11 is 1.48. The van der Waals surface area contributed by atoms with Crippen LogP contribution in [0.3, 0.4) is 0 Å². The van der Waals surface area contributed by atoms with Gasteiger partial charge in [0.05, 0.1) is 17.4 Å². The van der Waals surface area contributed by atoms with E-state index in [4.69, 9.17) is 4.74 Å². The van der Waals surface area contributed by atoms with E-state index in [0.717, 1.165) is 46.9 Å². The van der Waals surface area contributed by atoms with Crippen molar-refractivity contribution in [3.05, 3.63) is 54.1 Å². The number of hydrogen-bond acceptors (Lipinski definition) is 7. The van der Waals surface area contributed by atoms with Gasteiger partial charge in [0.25, 0.3) is 0 Å². The number of esters is 1. The highest BCUT2D eigenvalue weighted by molar-refractivity contribution is 8.00. The van der Waals surface area contributed by atoms with Gasteiger partial charge in [-0.05, 0) is 69.0 Å². The zero-order chi connectivity index (χ0) is 27.5. The molecule has 0 radical (unpaired) electrons. The molecular weight excluding hydrogens is 524 g/mol. The largest absolute Gasteiger partial charge is 0.480 e. The van der Waals surface area contributed by atoms with Crippen LogP contribution in [0.15, 0.2) is 53.4 Å². The Bertz CT molecular complexity index is 1250. The van der Waals surface area contributed by atoms with E-state index in [1.807, 2.05) is 19.1 Å². The van der Waals surface area contributed by atoms with Crippen molar-refractivity contribution in [2.45, 2.75) is 55.8 Å². The van der Waals surface area contributed by atoms with Crippen LogP contribution in [-0.4, -0.2) is 77.5 Å². The van der Waals surface area contributed by atoms with Crippen LogP contribution in [0.25, 0.3) is 11.1 Å². The van der Waals surface area contributed by atoms with Gasteiger partial charge in [-0.15, -0.1) is 0 Å². The van der Waals surface area contributed by atoms with Gasteiger partial charge in [0.15, 0.2) is 0 Å². The van der Waals surface area contributed by atoms with Gasteiger partial charge in [-0.3, -0.25) is 14.5 Å². The lowest BCUT2D eigenvalue weighted by Crippen LogP contribution is -2.58. The first-order chi connectivity index (χ1) is 18.0. The number of nitrogens with zero attached hydrogens (tertiary/aromatic N) is 2. The number of likely N-dealkylation sites (tertiary alicyclic amines) is 1. The number of carboxylic acid groups (broad SMARTS) is 1. The van der Waals surface area contributed by atoms with Gasteiger partial charge in [0.1, 0.15) is 6.04 Å². The molecule has 2 atom stereocenters. The Balaban J connectivity index is 1.44. The van der Waals surface area contributed by atoms with Crippen molar-refractivity contribution in [3.63, 3.8) is 0 Å². The highest BCUT2D eigenvalue weighted by Gasteiger charge is 2.48. The molecular formula is C28H36N2O6S2. The van der Waals surface area contributed by atoms with Crippen molar-refractivity contribution in [1.82, 2.24) is 9.21 Å². The molecule has 0 bridgehead atoms. The normalized spacial score (nSPS) is 22.6. The maximum Gasteiger partial charge on any atom is 0.323 e. The molecule has 1 N–H and O–H groups in total. The molecule has 8 nitrogen and oxygen atoms in total. The molecule has 2 saturated heterocycles. The lowest BCUT2D eigenvalue weighted by atomic mass is 9.97. The second kappa shape index (κ2) is 11.8. The summed E-state index contributed by atoms with van der Waals surface area (Å²) in [4.78, 5) is 26.5. The number of carboxylic acids is 1. The Hall–Kier alpha value is -2.40.